The van der Waals surface area contributed by atoms with Crippen LogP contribution in [-0.2, 0) is 11.3 Å². The Labute approximate surface area is 142 Å². The highest BCUT2D eigenvalue weighted by Gasteiger charge is 2.25. The third-order valence-corrected chi connectivity index (χ3v) is 4.62. The summed E-state index contributed by atoms with van der Waals surface area (Å²) in [6, 6.07) is 13.8. The van der Waals surface area contributed by atoms with Gasteiger partial charge in [0.05, 0.1) is 17.1 Å². The van der Waals surface area contributed by atoms with Crippen molar-refractivity contribution in [3.63, 3.8) is 0 Å². The maximum absolute atomic E-state index is 11.8. The number of amides is 2. The maximum atomic E-state index is 11.8. The monoisotopic (exact) mass is 335 g/mol. The smallest absolute Gasteiger partial charge is 0.290 e. The van der Waals surface area contributed by atoms with Crippen molar-refractivity contribution in [3.05, 3.63) is 71.0 Å². The lowest BCUT2D eigenvalue weighted by molar-refractivity contribution is -0.115. The molecular formula is C18H13N3O2S. The Balaban J connectivity index is 1.78. The van der Waals surface area contributed by atoms with Crippen molar-refractivity contribution in [1.82, 2.24) is 14.9 Å². The second-order valence-corrected chi connectivity index (χ2v) is 6.42. The molecule has 118 valence electrons. The minimum atomic E-state index is -0.341. The minimum absolute atomic E-state index is 0.330. The number of hydrogen-bond donors (Lipinski definition) is 1. The number of fused-ring (bicyclic) bond motifs is 1. The van der Waals surface area contributed by atoms with Gasteiger partial charge in [0.2, 0.25) is 0 Å². The van der Waals surface area contributed by atoms with Crippen LogP contribution in [0.4, 0.5) is 4.79 Å². The molecule has 3 aromatic rings. The largest absolute Gasteiger partial charge is 0.341 e. The number of benzene rings is 1. The lowest BCUT2D eigenvalue weighted by Gasteiger charge is -2.04. The number of nitrogens with zero attached hydrogens (tertiary/aromatic N) is 2. The van der Waals surface area contributed by atoms with Crippen LogP contribution in [0.25, 0.3) is 17.0 Å². The van der Waals surface area contributed by atoms with Gasteiger partial charge in [0, 0.05) is 28.9 Å². The number of rotatable bonds is 3. The summed E-state index contributed by atoms with van der Waals surface area (Å²) in [7, 11) is 0. The van der Waals surface area contributed by atoms with Crippen LogP contribution in [0.1, 0.15) is 11.3 Å². The average Bonchev–Trinajstić information content (AvgIpc) is 3.09. The molecular weight excluding hydrogens is 322 g/mol. The van der Waals surface area contributed by atoms with Crippen molar-refractivity contribution in [2.24, 2.45) is 0 Å². The van der Waals surface area contributed by atoms with Gasteiger partial charge in [-0.15, -0.1) is 0 Å². The molecule has 1 saturated heterocycles. The van der Waals surface area contributed by atoms with Gasteiger partial charge in [-0.25, -0.2) is 0 Å². The zero-order chi connectivity index (χ0) is 16.5. The molecule has 1 N–H and O–H groups in total. The third kappa shape index (κ3) is 2.72. The molecule has 2 aromatic heterocycles. The van der Waals surface area contributed by atoms with Gasteiger partial charge in [-0.05, 0) is 36.0 Å². The van der Waals surface area contributed by atoms with Crippen LogP contribution in [0.2, 0.25) is 0 Å². The van der Waals surface area contributed by atoms with E-state index in [1.165, 1.54) is 0 Å². The van der Waals surface area contributed by atoms with Gasteiger partial charge < -0.3 is 4.57 Å². The van der Waals surface area contributed by atoms with E-state index in [4.69, 9.17) is 0 Å². The Morgan fingerprint density at radius 1 is 1.12 bits per heavy atom. The highest BCUT2D eigenvalue weighted by molar-refractivity contribution is 8.18. The van der Waals surface area contributed by atoms with Crippen LogP contribution in [0, 0.1) is 0 Å². The number of thioether (sulfide) groups is 1. The lowest BCUT2D eigenvalue weighted by atomic mass is 10.1. The Morgan fingerprint density at radius 3 is 2.71 bits per heavy atom. The van der Waals surface area contributed by atoms with E-state index in [-0.39, 0.29) is 11.1 Å². The van der Waals surface area contributed by atoms with E-state index in [9.17, 15) is 9.59 Å². The predicted octanol–water partition coefficient (Wildman–Crippen LogP) is 3.41. The molecule has 0 atom stereocenters. The van der Waals surface area contributed by atoms with E-state index in [0.29, 0.717) is 11.4 Å². The van der Waals surface area contributed by atoms with E-state index in [2.05, 4.69) is 14.9 Å². The zero-order valence-corrected chi connectivity index (χ0v) is 13.4. The van der Waals surface area contributed by atoms with Crippen molar-refractivity contribution >= 4 is 39.9 Å². The van der Waals surface area contributed by atoms with Gasteiger partial charge in [0.1, 0.15) is 0 Å². The summed E-state index contributed by atoms with van der Waals surface area (Å²) in [5.41, 5.74) is 2.93. The third-order valence-electron chi connectivity index (χ3n) is 3.81. The summed E-state index contributed by atoms with van der Waals surface area (Å²) in [5, 5.41) is 2.99. The number of hydrogen-bond acceptors (Lipinski definition) is 4. The van der Waals surface area contributed by atoms with Crippen molar-refractivity contribution in [2.75, 3.05) is 0 Å². The second kappa shape index (κ2) is 5.98. The predicted molar refractivity (Wildman–Crippen MR) is 94.4 cm³/mol. The Hall–Kier alpha value is -2.86. The van der Waals surface area contributed by atoms with Gasteiger partial charge >= 0.3 is 0 Å². The molecule has 1 fully saturated rings. The first-order valence-electron chi connectivity index (χ1n) is 7.43. The van der Waals surface area contributed by atoms with Crippen LogP contribution >= 0.6 is 11.8 Å². The number of carbonyl (C=O) groups excluding carboxylic acids is 2. The normalized spacial score (nSPS) is 16.1. The standard InChI is InChI=1S/C18H13N3O2S/c22-17-16(24-18(23)20-17)9-12-10-21(11-13-5-3-4-8-19-13)15-7-2-1-6-14(12)15/h1-10H,11H2,(H,20,22,23). The highest BCUT2D eigenvalue weighted by atomic mass is 32.2. The first-order chi connectivity index (χ1) is 11.7. The van der Waals surface area contributed by atoms with Gasteiger partial charge in [-0.3, -0.25) is 19.9 Å². The summed E-state index contributed by atoms with van der Waals surface area (Å²) in [4.78, 5) is 27.9. The molecule has 1 aromatic carbocycles. The molecule has 4 rings (SSSR count). The molecule has 3 heterocycles. The molecule has 0 saturated carbocycles. The Bertz CT molecular complexity index is 976. The molecule has 0 radical (unpaired) electrons. The molecule has 1 aliphatic heterocycles. The molecule has 0 aliphatic carbocycles. The van der Waals surface area contributed by atoms with Crippen LogP contribution < -0.4 is 5.32 Å². The number of carbonyl (C=O) groups is 2. The first-order valence-corrected chi connectivity index (χ1v) is 8.25. The van der Waals surface area contributed by atoms with Crippen molar-refractivity contribution in [3.8, 4) is 0 Å². The summed E-state index contributed by atoms with van der Waals surface area (Å²) < 4.78 is 2.10. The minimum Gasteiger partial charge on any atom is -0.341 e. The molecule has 2 amide bonds. The quantitative estimate of drug-likeness (QED) is 0.745. The fourth-order valence-electron chi connectivity index (χ4n) is 2.75. The summed E-state index contributed by atoms with van der Waals surface area (Å²) in [6.45, 7) is 0.642. The SMILES string of the molecule is O=C1NC(=O)C(=Cc2cn(Cc3ccccn3)c3ccccc23)S1. The van der Waals surface area contributed by atoms with Crippen LogP contribution in [0.5, 0.6) is 0 Å². The fourth-order valence-corrected chi connectivity index (χ4v) is 3.42. The van der Waals surface area contributed by atoms with Crippen LogP contribution in [0.15, 0.2) is 59.8 Å². The van der Waals surface area contributed by atoms with E-state index >= 15 is 0 Å². The second-order valence-electron chi connectivity index (χ2n) is 5.40. The number of imide groups is 1. The number of pyridine rings is 1. The summed E-state index contributed by atoms with van der Waals surface area (Å²) >= 11 is 0.930. The average molecular weight is 335 g/mol. The van der Waals surface area contributed by atoms with E-state index in [1.807, 2.05) is 48.7 Å². The van der Waals surface area contributed by atoms with Gasteiger partial charge in [-0.2, -0.15) is 0 Å². The number of aromatic nitrogens is 2. The molecule has 0 bridgehead atoms. The molecule has 1 aliphatic rings. The van der Waals surface area contributed by atoms with Crippen molar-refractivity contribution in [1.29, 1.82) is 0 Å². The van der Waals surface area contributed by atoms with Crippen LogP contribution in [0.3, 0.4) is 0 Å². The molecule has 0 unspecified atom stereocenters. The summed E-state index contributed by atoms with van der Waals surface area (Å²) in [6.07, 6.45) is 5.53. The van der Waals surface area contributed by atoms with E-state index in [1.54, 1.807) is 12.3 Å². The lowest BCUT2D eigenvalue weighted by Crippen LogP contribution is -2.17. The van der Waals surface area contributed by atoms with Gasteiger partial charge in [0.15, 0.2) is 0 Å². The Kier molecular flexibility index (Phi) is 3.66. The number of para-hydroxylation sites is 1. The summed E-state index contributed by atoms with van der Waals surface area (Å²) in [5.74, 6) is -0.341. The zero-order valence-electron chi connectivity index (χ0n) is 12.6. The Morgan fingerprint density at radius 2 is 1.96 bits per heavy atom. The molecule has 0 spiro atoms. The van der Waals surface area contributed by atoms with Crippen molar-refractivity contribution < 1.29 is 9.59 Å². The van der Waals surface area contributed by atoms with E-state index < -0.39 is 0 Å². The molecule has 5 nitrogen and oxygen atoms in total. The van der Waals surface area contributed by atoms with Gasteiger partial charge in [-0.1, -0.05) is 24.3 Å². The van der Waals surface area contributed by atoms with Crippen molar-refractivity contribution in [2.45, 2.75) is 6.54 Å². The topological polar surface area (TPSA) is 64.0 Å². The van der Waals surface area contributed by atoms with Crippen LogP contribution in [-0.4, -0.2) is 20.7 Å². The highest BCUT2D eigenvalue weighted by Crippen LogP contribution is 2.29. The fraction of sp³-hybridized carbons (Fsp3) is 0.0556. The number of nitrogens with one attached hydrogen (secondary N) is 1. The molecule has 6 heteroatoms. The maximum Gasteiger partial charge on any atom is 0.290 e. The van der Waals surface area contributed by atoms with Gasteiger partial charge in [0.25, 0.3) is 11.1 Å². The van der Waals surface area contributed by atoms with E-state index in [0.717, 1.165) is 33.9 Å². The molecule has 24 heavy (non-hydrogen) atoms. The first kappa shape index (κ1) is 14.7.